The van der Waals surface area contributed by atoms with Gasteiger partial charge in [-0.3, -0.25) is 14.0 Å². The highest BCUT2D eigenvalue weighted by Crippen LogP contribution is 2.26. The molecule has 4 aromatic rings. The number of amides is 1. The van der Waals surface area contributed by atoms with Crippen LogP contribution < -0.4 is 10.5 Å². The second-order valence-corrected chi connectivity index (χ2v) is 8.67. The maximum absolute atomic E-state index is 13.7. The highest BCUT2D eigenvalue weighted by Gasteiger charge is 2.30. The van der Waals surface area contributed by atoms with Gasteiger partial charge in [0.1, 0.15) is 17.0 Å². The summed E-state index contributed by atoms with van der Waals surface area (Å²) in [5.41, 5.74) is 3.24. The number of aromatic nitrogens is 5. The van der Waals surface area contributed by atoms with Gasteiger partial charge in [0.25, 0.3) is 11.5 Å². The Morgan fingerprint density at radius 1 is 1.15 bits per heavy atom. The van der Waals surface area contributed by atoms with Crippen molar-refractivity contribution in [3.63, 3.8) is 0 Å². The Hall–Kier alpha value is -3.79. The van der Waals surface area contributed by atoms with Crippen molar-refractivity contribution >= 4 is 28.5 Å². The zero-order valence-corrected chi connectivity index (χ0v) is 19.0. The van der Waals surface area contributed by atoms with E-state index in [1.807, 2.05) is 23.8 Å². The first-order chi connectivity index (χ1) is 16.6. The van der Waals surface area contributed by atoms with Crippen LogP contribution in [0.2, 0.25) is 0 Å². The monoisotopic (exact) mass is 459 g/mol. The van der Waals surface area contributed by atoms with Gasteiger partial charge in [-0.15, -0.1) is 0 Å². The fourth-order valence-electron chi connectivity index (χ4n) is 4.74. The minimum absolute atomic E-state index is 0.133. The zero-order chi connectivity index (χ0) is 23.2. The molecule has 0 bridgehead atoms. The van der Waals surface area contributed by atoms with Crippen LogP contribution in [0.25, 0.3) is 16.7 Å². The number of ether oxygens (including phenoxy) is 1. The molecule has 4 aromatic heterocycles. The topological polar surface area (TPSA) is 97.9 Å². The third-order valence-corrected chi connectivity index (χ3v) is 6.47. The molecule has 34 heavy (non-hydrogen) atoms. The minimum atomic E-state index is -0.171. The molecule has 0 aliphatic carbocycles. The summed E-state index contributed by atoms with van der Waals surface area (Å²) in [5.74, 6) is 0.547. The van der Waals surface area contributed by atoms with E-state index in [1.165, 1.54) is 4.40 Å². The van der Waals surface area contributed by atoms with Crippen molar-refractivity contribution in [2.75, 3.05) is 31.2 Å². The lowest BCUT2D eigenvalue weighted by Gasteiger charge is -2.26. The molecule has 0 saturated carbocycles. The van der Waals surface area contributed by atoms with Crippen molar-refractivity contribution in [1.82, 2.24) is 28.8 Å². The SMILES string of the molecule is CCCn1c(C(=O)N2Cc3cnc(N4CCOCC4)nc3C2)cc2c(=O)n3ccccc3nc21. The van der Waals surface area contributed by atoms with Crippen molar-refractivity contribution in [3.8, 4) is 0 Å². The maximum atomic E-state index is 13.7. The summed E-state index contributed by atoms with van der Waals surface area (Å²) in [4.78, 5) is 44.6. The number of pyridine rings is 1. The van der Waals surface area contributed by atoms with E-state index in [9.17, 15) is 9.59 Å². The normalized spacial score (nSPS) is 15.9. The molecule has 10 heteroatoms. The number of carbonyl (C=O) groups excluding carboxylic acids is 1. The summed E-state index contributed by atoms with van der Waals surface area (Å²) in [6.45, 7) is 6.34. The van der Waals surface area contributed by atoms with E-state index < -0.39 is 0 Å². The van der Waals surface area contributed by atoms with E-state index in [-0.39, 0.29) is 11.5 Å². The number of aryl methyl sites for hydroxylation is 1. The molecule has 0 N–H and O–H groups in total. The first-order valence-corrected chi connectivity index (χ1v) is 11.6. The summed E-state index contributed by atoms with van der Waals surface area (Å²) in [7, 11) is 0. The van der Waals surface area contributed by atoms with Crippen molar-refractivity contribution < 1.29 is 9.53 Å². The van der Waals surface area contributed by atoms with E-state index in [1.54, 1.807) is 29.3 Å². The van der Waals surface area contributed by atoms with Crippen LogP contribution >= 0.6 is 0 Å². The largest absolute Gasteiger partial charge is 0.378 e. The third kappa shape index (κ3) is 3.33. The molecule has 6 heterocycles. The Balaban J connectivity index is 1.35. The van der Waals surface area contributed by atoms with Crippen molar-refractivity contribution in [2.45, 2.75) is 33.0 Å². The molecule has 2 aliphatic rings. The van der Waals surface area contributed by atoms with Crippen LogP contribution in [-0.2, 0) is 24.4 Å². The molecule has 1 amide bonds. The van der Waals surface area contributed by atoms with E-state index >= 15 is 0 Å². The number of fused-ring (bicyclic) bond motifs is 3. The average molecular weight is 460 g/mol. The molecule has 0 unspecified atom stereocenters. The van der Waals surface area contributed by atoms with Crippen LogP contribution in [0, 0.1) is 0 Å². The predicted molar refractivity (Wildman–Crippen MR) is 126 cm³/mol. The molecular weight excluding hydrogens is 434 g/mol. The van der Waals surface area contributed by atoms with Gasteiger partial charge in [-0.05, 0) is 24.6 Å². The van der Waals surface area contributed by atoms with E-state index in [2.05, 4.69) is 9.88 Å². The quantitative estimate of drug-likeness (QED) is 0.459. The molecule has 0 spiro atoms. The van der Waals surface area contributed by atoms with Gasteiger partial charge < -0.3 is 19.1 Å². The van der Waals surface area contributed by atoms with Crippen LogP contribution in [-0.4, -0.2) is 61.0 Å². The van der Waals surface area contributed by atoms with Crippen LogP contribution in [0.1, 0.15) is 35.1 Å². The highest BCUT2D eigenvalue weighted by atomic mass is 16.5. The lowest BCUT2D eigenvalue weighted by atomic mass is 10.3. The summed E-state index contributed by atoms with van der Waals surface area (Å²) in [6, 6.07) is 7.13. The fraction of sp³-hybridized carbons (Fsp3) is 0.375. The minimum Gasteiger partial charge on any atom is -0.378 e. The number of hydrogen-bond donors (Lipinski definition) is 0. The second-order valence-electron chi connectivity index (χ2n) is 8.67. The number of carbonyl (C=O) groups is 1. The molecule has 1 fully saturated rings. The Morgan fingerprint density at radius 3 is 2.82 bits per heavy atom. The summed E-state index contributed by atoms with van der Waals surface area (Å²) in [5, 5.41) is 0.451. The van der Waals surface area contributed by atoms with E-state index in [0.29, 0.717) is 61.2 Å². The van der Waals surface area contributed by atoms with Gasteiger partial charge in [-0.25, -0.2) is 15.0 Å². The van der Waals surface area contributed by atoms with Crippen molar-refractivity contribution in [2.24, 2.45) is 0 Å². The second kappa shape index (κ2) is 8.21. The van der Waals surface area contributed by atoms with Gasteiger partial charge in [0.2, 0.25) is 5.95 Å². The number of nitrogens with zero attached hydrogens (tertiary/aromatic N) is 7. The van der Waals surface area contributed by atoms with Gasteiger partial charge >= 0.3 is 0 Å². The molecule has 0 radical (unpaired) electrons. The average Bonchev–Trinajstić information content (AvgIpc) is 3.46. The molecule has 2 aliphatic heterocycles. The maximum Gasteiger partial charge on any atom is 0.271 e. The van der Waals surface area contributed by atoms with Crippen LogP contribution in [0.5, 0.6) is 0 Å². The van der Waals surface area contributed by atoms with Crippen molar-refractivity contribution in [1.29, 1.82) is 0 Å². The number of rotatable bonds is 4. The summed E-state index contributed by atoms with van der Waals surface area (Å²) < 4.78 is 8.81. The smallest absolute Gasteiger partial charge is 0.271 e. The molecule has 0 atom stereocenters. The molecular formula is C24H25N7O3. The zero-order valence-electron chi connectivity index (χ0n) is 19.0. The molecule has 1 saturated heterocycles. The van der Waals surface area contributed by atoms with Crippen LogP contribution in [0.4, 0.5) is 5.95 Å². The first kappa shape index (κ1) is 20.8. The molecule has 174 valence electrons. The Kier molecular flexibility index (Phi) is 5.02. The first-order valence-electron chi connectivity index (χ1n) is 11.6. The van der Waals surface area contributed by atoms with Crippen molar-refractivity contribution in [3.05, 3.63) is 64.0 Å². The van der Waals surface area contributed by atoms with Gasteiger partial charge in [-0.2, -0.15) is 0 Å². The van der Waals surface area contributed by atoms with Gasteiger partial charge in [-0.1, -0.05) is 13.0 Å². The summed E-state index contributed by atoms with van der Waals surface area (Å²) >= 11 is 0. The molecule has 10 nitrogen and oxygen atoms in total. The third-order valence-electron chi connectivity index (χ3n) is 6.47. The standard InChI is InChI=1S/C24H25N7O3/c1-2-6-30-19(12-17-21(30)27-20-5-3-4-7-31(20)22(17)32)23(33)29-14-16-13-25-24(26-18(16)15-29)28-8-10-34-11-9-28/h3-5,7,12-13H,2,6,8-11,14-15H2,1H3. The lowest BCUT2D eigenvalue weighted by Crippen LogP contribution is -2.37. The number of hydrogen-bond acceptors (Lipinski definition) is 7. The predicted octanol–water partition coefficient (Wildman–Crippen LogP) is 1.84. The fourth-order valence-corrected chi connectivity index (χ4v) is 4.74. The number of morpholine rings is 1. The van der Waals surface area contributed by atoms with Crippen LogP contribution in [0.3, 0.4) is 0 Å². The lowest BCUT2D eigenvalue weighted by molar-refractivity contribution is 0.0739. The van der Waals surface area contributed by atoms with E-state index in [4.69, 9.17) is 14.7 Å². The molecule has 6 rings (SSSR count). The summed E-state index contributed by atoms with van der Waals surface area (Å²) in [6.07, 6.45) is 4.34. The Bertz CT molecular complexity index is 1470. The Labute approximate surface area is 195 Å². The Morgan fingerprint density at radius 2 is 2.00 bits per heavy atom. The van der Waals surface area contributed by atoms with Gasteiger partial charge in [0, 0.05) is 44.1 Å². The highest BCUT2D eigenvalue weighted by molar-refractivity contribution is 5.98. The van der Waals surface area contributed by atoms with E-state index in [0.717, 1.165) is 30.8 Å². The van der Waals surface area contributed by atoms with Gasteiger partial charge in [0.15, 0.2) is 0 Å². The van der Waals surface area contributed by atoms with Gasteiger partial charge in [0.05, 0.1) is 30.8 Å². The molecule has 0 aromatic carbocycles. The number of anilines is 1. The van der Waals surface area contributed by atoms with Crippen LogP contribution in [0.15, 0.2) is 41.5 Å².